The fraction of sp³-hybridized carbons (Fsp3) is 0.143. The molecule has 0 saturated heterocycles. The highest BCUT2D eigenvalue weighted by molar-refractivity contribution is 9.10. The summed E-state index contributed by atoms with van der Waals surface area (Å²) in [6.07, 6.45) is -5.05. The zero-order valence-corrected chi connectivity index (χ0v) is 13.9. The third-order valence-electron chi connectivity index (χ3n) is 2.82. The molecular weight excluding hydrogens is 399 g/mol. The molecule has 0 bridgehead atoms. The van der Waals surface area contributed by atoms with Crippen molar-refractivity contribution in [1.29, 1.82) is 0 Å². The third-order valence-corrected chi connectivity index (χ3v) is 4.24. The molecule has 4 nitrogen and oxygen atoms in total. The molecule has 0 aliphatic heterocycles. The number of hydrogen-bond acceptors (Lipinski definition) is 4. The number of thiophene rings is 1. The van der Waals surface area contributed by atoms with Crippen LogP contribution < -0.4 is 5.32 Å². The number of alkyl halides is 3. The standard InChI is InChI=1S/C14H9BrF3NO3S/c1-22-12(20)10-9(7-2-4-8(15)5-3-7)6-23-11(10)19-13(21)14(16,17)18/h2-6H,1H3,(H,19,21). The van der Waals surface area contributed by atoms with Crippen molar-refractivity contribution in [3.05, 3.63) is 39.7 Å². The first-order chi connectivity index (χ1) is 10.7. The summed E-state index contributed by atoms with van der Waals surface area (Å²) in [5.74, 6) is -2.98. The van der Waals surface area contributed by atoms with Crippen molar-refractivity contribution in [2.24, 2.45) is 0 Å². The summed E-state index contributed by atoms with van der Waals surface area (Å²) in [5.41, 5.74) is 0.876. The van der Waals surface area contributed by atoms with Crippen LogP contribution in [0.1, 0.15) is 10.4 Å². The van der Waals surface area contributed by atoms with Gasteiger partial charge in [0.15, 0.2) is 0 Å². The minimum absolute atomic E-state index is 0.113. The van der Waals surface area contributed by atoms with Gasteiger partial charge in [0.05, 0.1) is 7.11 Å². The van der Waals surface area contributed by atoms with Gasteiger partial charge in [-0.05, 0) is 17.7 Å². The van der Waals surface area contributed by atoms with Crippen LogP contribution in [0.2, 0.25) is 0 Å². The lowest BCUT2D eigenvalue weighted by molar-refractivity contribution is -0.167. The van der Waals surface area contributed by atoms with E-state index in [1.807, 2.05) is 0 Å². The molecule has 1 amide bonds. The number of methoxy groups -OCH3 is 1. The first kappa shape index (κ1) is 17.5. The molecule has 1 N–H and O–H groups in total. The minimum atomic E-state index is -5.05. The molecule has 2 aromatic rings. The van der Waals surface area contributed by atoms with Crippen LogP contribution in [0.5, 0.6) is 0 Å². The molecular formula is C14H9BrF3NO3S. The summed E-state index contributed by atoms with van der Waals surface area (Å²) in [6, 6.07) is 6.83. The van der Waals surface area contributed by atoms with Crippen molar-refractivity contribution < 1.29 is 27.5 Å². The molecule has 9 heteroatoms. The van der Waals surface area contributed by atoms with E-state index >= 15 is 0 Å². The quantitative estimate of drug-likeness (QED) is 0.763. The van der Waals surface area contributed by atoms with Crippen molar-refractivity contribution in [3.8, 4) is 11.1 Å². The number of benzene rings is 1. The first-order valence-electron chi connectivity index (χ1n) is 6.08. The lowest BCUT2D eigenvalue weighted by Gasteiger charge is -2.09. The van der Waals surface area contributed by atoms with E-state index in [4.69, 9.17) is 0 Å². The molecule has 0 radical (unpaired) electrons. The van der Waals surface area contributed by atoms with Crippen molar-refractivity contribution in [2.75, 3.05) is 12.4 Å². The Kier molecular flexibility index (Phi) is 5.10. The topological polar surface area (TPSA) is 55.4 Å². The summed E-state index contributed by atoms with van der Waals surface area (Å²) in [6.45, 7) is 0. The smallest absolute Gasteiger partial charge is 0.465 e. The van der Waals surface area contributed by atoms with Gasteiger partial charge in [-0.2, -0.15) is 13.2 Å². The minimum Gasteiger partial charge on any atom is -0.465 e. The molecule has 0 saturated carbocycles. The third kappa shape index (κ3) is 3.91. The van der Waals surface area contributed by atoms with Gasteiger partial charge < -0.3 is 10.1 Å². The highest BCUT2D eigenvalue weighted by Gasteiger charge is 2.39. The number of nitrogens with one attached hydrogen (secondary N) is 1. The molecule has 0 fully saturated rings. The Bertz CT molecular complexity index is 741. The number of rotatable bonds is 3. The van der Waals surface area contributed by atoms with Gasteiger partial charge in [0.2, 0.25) is 0 Å². The van der Waals surface area contributed by atoms with Crippen LogP contribution in [-0.4, -0.2) is 25.2 Å². The number of carbonyl (C=O) groups excluding carboxylic acids is 2. The molecule has 23 heavy (non-hydrogen) atoms. The summed E-state index contributed by atoms with van der Waals surface area (Å²) < 4.78 is 42.6. The largest absolute Gasteiger partial charge is 0.471 e. The van der Waals surface area contributed by atoms with Gasteiger partial charge in [-0.3, -0.25) is 4.79 Å². The Hall–Kier alpha value is -1.87. The van der Waals surface area contributed by atoms with E-state index in [2.05, 4.69) is 20.7 Å². The number of ether oxygens (including phenoxy) is 1. The highest BCUT2D eigenvalue weighted by atomic mass is 79.9. The lowest BCUT2D eigenvalue weighted by atomic mass is 10.0. The predicted molar refractivity (Wildman–Crippen MR) is 83.5 cm³/mol. The summed E-state index contributed by atoms with van der Waals surface area (Å²) in [7, 11) is 1.11. The molecule has 1 heterocycles. The number of hydrogen-bond donors (Lipinski definition) is 1. The second kappa shape index (κ2) is 6.71. The summed E-state index contributed by atoms with van der Waals surface area (Å²) >= 11 is 4.09. The van der Waals surface area contributed by atoms with Gasteiger partial charge in [0, 0.05) is 15.4 Å². The monoisotopic (exact) mass is 407 g/mol. The van der Waals surface area contributed by atoms with Crippen molar-refractivity contribution in [2.45, 2.75) is 6.18 Å². The molecule has 0 unspecified atom stereocenters. The summed E-state index contributed by atoms with van der Waals surface area (Å²) in [5, 5.41) is 2.99. The van der Waals surface area contributed by atoms with E-state index in [0.717, 1.165) is 22.9 Å². The number of halogens is 4. The number of anilines is 1. The van der Waals surface area contributed by atoms with E-state index in [0.29, 0.717) is 11.1 Å². The molecule has 2 rings (SSSR count). The Labute approximate surface area is 141 Å². The Morgan fingerprint density at radius 2 is 1.83 bits per heavy atom. The van der Waals surface area contributed by atoms with Gasteiger partial charge in [-0.15, -0.1) is 11.3 Å². The molecule has 1 aromatic carbocycles. The van der Waals surface area contributed by atoms with Crippen LogP contribution in [0, 0.1) is 0 Å². The number of amides is 1. The van der Waals surface area contributed by atoms with Gasteiger partial charge >= 0.3 is 18.1 Å². The Morgan fingerprint density at radius 3 is 2.35 bits per heavy atom. The second-order valence-electron chi connectivity index (χ2n) is 4.30. The SMILES string of the molecule is COC(=O)c1c(-c2ccc(Br)cc2)csc1NC(=O)C(F)(F)F. The molecule has 0 spiro atoms. The Morgan fingerprint density at radius 1 is 1.22 bits per heavy atom. The molecule has 0 aliphatic rings. The van der Waals surface area contributed by atoms with E-state index in [-0.39, 0.29) is 10.6 Å². The highest BCUT2D eigenvalue weighted by Crippen LogP contribution is 2.37. The molecule has 0 atom stereocenters. The normalized spacial score (nSPS) is 11.2. The predicted octanol–water partition coefficient (Wildman–Crippen LogP) is 4.47. The van der Waals surface area contributed by atoms with Crippen LogP contribution in [-0.2, 0) is 9.53 Å². The van der Waals surface area contributed by atoms with Gasteiger partial charge in [0.25, 0.3) is 0 Å². The second-order valence-corrected chi connectivity index (χ2v) is 6.10. The van der Waals surface area contributed by atoms with Gasteiger partial charge in [-0.1, -0.05) is 28.1 Å². The van der Waals surface area contributed by atoms with Crippen LogP contribution in [0.4, 0.5) is 18.2 Å². The molecule has 0 aliphatic carbocycles. The average Bonchev–Trinajstić information content (AvgIpc) is 2.90. The summed E-state index contributed by atoms with van der Waals surface area (Å²) in [4.78, 5) is 23.0. The van der Waals surface area contributed by atoms with Crippen LogP contribution in [0.3, 0.4) is 0 Å². The van der Waals surface area contributed by atoms with Crippen molar-refractivity contribution in [3.63, 3.8) is 0 Å². The maximum Gasteiger partial charge on any atom is 0.471 e. The lowest BCUT2D eigenvalue weighted by Crippen LogP contribution is -2.30. The maximum atomic E-state index is 12.4. The van der Waals surface area contributed by atoms with Gasteiger partial charge in [-0.25, -0.2) is 4.79 Å². The molecule has 122 valence electrons. The average molecular weight is 408 g/mol. The fourth-order valence-electron chi connectivity index (χ4n) is 1.77. The molecule has 1 aromatic heterocycles. The van der Waals surface area contributed by atoms with E-state index < -0.39 is 18.1 Å². The van der Waals surface area contributed by atoms with Crippen molar-refractivity contribution >= 4 is 44.1 Å². The van der Waals surface area contributed by atoms with E-state index in [1.165, 1.54) is 5.38 Å². The van der Waals surface area contributed by atoms with Crippen LogP contribution >= 0.6 is 27.3 Å². The Balaban J connectivity index is 2.47. The van der Waals surface area contributed by atoms with Crippen LogP contribution in [0.15, 0.2) is 34.1 Å². The zero-order valence-electron chi connectivity index (χ0n) is 11.5. The van der Waals surface area contributed by atoms with Gasteiger partial charge in [0.1, 0.15) is 10.6 Å². The number of esters is 1. The van der Waals surface area contributed by atoms with Crippen LogP contribution in [0.25, 0.3) is 11.1 Å². The number of carbonyl (C=O) groups is 2. The first-order valence-corrected chi connectivity index (χ1v) is 7.75. The van der Waals surface area contributed by atoms with E-state index in [9.17, 15) is 22.8 Å². The van der Waals surface area contributed by atoms with E-state index in [1.54, 1.807) is 29.6 Å². The zero-order chi connectivity index (χ0) is 17.2. The fourth-order valence-corrected chi connectivity index (χ4v) is 2.99. The van der Waals surface area contributed by atoms with Crippen molar-refractivity contribution in [1.82, 2.24) is 0 Å². The maximum absolute atomic E-state index is 12.4.